The van der Waals surface area contributed by atoms with Gasteiger partial charge in [0, 0.05) is 34.5 Å². The Morgan fingerprint density at radius 2 is 1.26 bits per heavy atom. The number of rotatable bonds is 4. The van der Waals surface area contributed by atoms with Gasteiger partial charge in [-0.15, -0.1) is 0 Å². The molecule has 4 aromatic rings. The third-order valence-corrected chi connectivity index (χ3v) is 8.54. The minimum absolute atomic E-state index is 0.130. The number of ether oxygens (including phenoxy) is 1. The Morgan fingerprint density at radius 1 is 0.763 bits per heavy atom. The molecule has 2 bridgehead atoms. The summed E-state index contributed by atoms with van der Waals surface area (Å²) in [5.41, 5.74) is 8.52. The molecule has 3 aliphatic carbocycles. The molecule has 2 heterocycles. The second-order valence-corrected chi connectivity index (χ2v) is 10.4. The number of hydrogen-bond donors (Lipinski definition) is 0. The first kappa shape index (κ1) is 22.7. The fourth-order valence-corrected chi connectivity index (χ4v) is 6.94. The van der Waals surface area contributed by atoms with Crippen molar-refractivity contribution in [2.45, 2.75) is 25.7 Å². The fourth-order valence-electron chi connectivity index (χ4n) is 6.94. The summed E-state index contributed by atoms with van der Waals surface area (Å²) in [7, 11) is 1.65. The van der Waals surface area contributed by atoms with E-state index in [9.17, 15) is 9.59 Å². The van der Waals surface area contributed by atoms with Crippen LogP contribution in [0.25, 0.3) is 5.69 Å². The highest BCUT2D eigenvalue weighted by Gasteiger charge is 2.61. The third kappa shape index (κ3) is 3.03. The van der Waals surface area contributed by atoms with Gasteiger partial charge in [0.1, 0.15) is 5.75 Å². The van der Waals surface area contributed by atoms with Crippen LogP contribution in [0.3, 0.4) is 0 Å². The number of carbonyl (C=O) groups is 2. The lowest BCUT2D eigenvalue weighted by Crippen LogP contribution is -2.41. The van der Waals surface area contributed by atoms with Crippen molar-refractivity contribution in [3.05, 3.63) is 118 Å². The van der Waals surface area contributed by atoms with Crippen molar-refractivity contribution in [3.8, 4) is 11.4 Å². The van der Waals surface area contributed by atoms with Crippen molar-refractivity contribution in [3.63, 3.8) is 0 Å². The van der Waals surface area contributed by atoms with Crippen molar-refractivity contribution in [2.75, 3.05) is 7.11 Å². The first-order valence-corrected chi connectivity index (χ1v) is 12.9. The fraction of sp³-hybridized carbons (Fsp3) is 0.219. The zero-order chi connectivity index (χ0) is 26.1. The number of methoxy groups -OCH3 is 1. The number of benzene rings is 3. The van der Waals surface area contributed by atoms with E-state index in [0.29, 0.717) is 0 Å². The number of hydrazone groups is 1. The van der Waals surface area contributed by atoms with Gasteiger partial charge in [-0.25, -0.2) is 0 Å². The predicted molar refractivity (Wildman–Crippen MR) is 145 cm³/mol. The molecule has 8 rings (SSSR count). The zero-order valence-corrected chi connectivity index (χ0v) is 21.5. The molecule has 2 amide bonds. The molecular formula is C32H27N3O3. The van der Waals surface area contributed by atoms with Crippen LogP contribution < -0.4 is 4.74 Å². The SMILES string of the molecule is COc1ccc(-n2c(C)cc(/C=N\N3C(=O)[C@@H]4C5c6ccccc6C(c6ccccc65)[C@@H]4C3=O)c2C)cc1. The molecule has 1 aromatic heterocycles. The Bertz CT molecular complexity index is 1530. The number of aromatic nitrogens is 1. The molecule has 4 aliphatic rings. The maximum atomic E-state index is 13.8. The van der Waals surface area contributed by atoms with Gasteiger partial charge in [0.2, 0.25) is 0 Å². The Labute approximate surface area is 221 Å². The standard InChI is InChI=1S/C32H27N3O3/c1-18-16-20(19(2)34(18)21-12-14-22(38-3)15-13-21)17-33-35-31(36)29-27-23-8-4-5-9-24(23)28(30(29)32(35)37)26-11-7-6-10-25(26)27/h4-17,27-30H,1-3H3/b33-17-/t27?,28?,29-,30+. The summed E-state index contributed by atoms with van der Waals surface area (Å²) in [4.78, 5) is 27.6. The van der Waals surface area contributed by atoms with E-state index in [1.54, 1.807) is 13.3 Å². The van der Waals surface area contributed by atoms with E-state index in [-0.39, 0.29) is 23.7 Å². The molecule has 38 heavy (non-hydrogen) atoms. The third-order valence-electron chi connectivity index (χ3n) is 8.54. The van der Waals surface area contributed by atoms with Crippen LogP contribution in [0.5, 0.6) is 5.75 Å². The van der Waals surface area contributed by atoms with Crippen LogP contribution in [0.15, 0.2) is 84.0 Å². The quantitative estimate of drug-likeness (QED) is 0.281. The minimum atomic E-state index is -0.429. The normalized spacial score (nSPS) is 23.1. The lowest BCUT2D eigenvalue weighted by molar-refractivity contribution is -0.139. The van der Waals surface area contributed by atoms with Gasteiger partial charge in [-0.1, -0.05) is 48.5 Å². The van der Waals surface area contributed by atoms with Crippen LogP contribution in [0.1, 0.15) is 51.0 Å². The molecule has 3 aromatic carbocycles. The maximum Gasteiger partial charge on any atom is 0.254 e. The van der Waals surface area contributed by atoms with Gasteiger partial charge in [-0.2, -0.15) is 10.1 Å². The Balaban J connectivity index is 1.25. The molecule has 1 saturated heterocycles. The molecular weight excluding hydrogens is 474 g/mol. The molecule has 0 radical (unpaired) electrons. The van der Waals surface area contributed by atoms with E-state index in [4.69, 9.17) is 4.74 Å². The van der Waals surface area contributed by atoms with Gasteiger partial charge in [-0.3, -0.25) is 9.59 Å². The first-order chi connectivity index (χ1) is 18.5. The summed E-state index contributed by atoms with van der Waals surface area (Å²) < 4.78 is 7.41. The molecule has 0 unspecified atom stereocenters. The molecule has 2 atom stereocenters. The van der Waals surface area contributed by atoms with Crippen LogP contribution in [-0.2, 0) is 9.59 Å². The second kappa shape index (κ2) is 8.28. The highest BCUT2D eigenvalue weighted by Crippen LogP contribution is 2.60. The lowest BCUT2D eigenvalue weighted by Gasteiger charge is -2.45. The second-order valence-electron chi connectivity index (χ2n) is 10.4. The van der Waals surface area contributed by atoms with E-state index < -0.39 is 11.8 Å². The van der Waals surface area contributed by atoms with E-state index in [2.05, 4.69) is 33.9 Å². The number of hydrogen-bond acceptors (Lipinski definition) is 4. The minimum Gasteiger partial charge on any atom is -0.497 e. The molecule has 6 nitrogen and oxygen atoms in total. The Kier molecular flexibility index (Phi) is 4.95. The van der Waals surface area contributed by atoms with Crippen molar-refractivity contribution in [2.24, 2.45) is 16.9 Å². The molecule has 0 saturated carbocycles. The van der Waals surface area contributed by atoms with Gasteiger partial charge >= 0.3 is 0 Å². The largest absolute Gasteiger partial charge is 0.497 e. The van der Waals surface area contributed by atoms with Crippen LogP contribution in [0, 0.1) is 25.7 Å². The molecule has 0 spiro atoms. The average molecular weight is 502 g/mol. The van der Waals surface area contributed by atoms with Crippen LogP contribution in [0.2, 0.25) is 0 Å². The predicted octanol–water partition coefficient (Wildman–Crippen LogP) is 5.33. The van der Waals surface area contributed by atoms with Crippen molar-refractivity contribution in [1.29, 1.82) is 0 Å². The lowest BCUT2D eigenvalue weighted by atomic mass is 9.55. The number of carbonyl (C=O) groups excluding carboxylic acids is 2. The van der Waals surface area contributed by atoms with Crippen LogP contribution >= 0.6 is 0 Å². The Hall–Kier alpha value is -4.45. The van der Waals surface area contributed by atoms with Gasteiger partial charge in [-0.05, 0) is 66.4 Å². The van der Waals surface area contributed by atoms with E-state index in [1.807, 2.05) is 68.4 Å². The van der Waals surface area contributed by atoms with Crippen molar-refractivity contribution >= 4 is 18.0 Å². The summed E-state index contributed by atoms with van der Waals surface area (Å²) in [5, 5.41) is 5.65. The van der Waals surface area contributed by atoms with Gasteiger partial charge in [0.25, 0.3) is 11.8 Å². The average Bonchev–Trinajstić information content (AvgIpc) is 3.38. The number of nitrogens with zero attached hydrogens (tertiary/aromatic N) is 3. The first-order valence-electron chi connectivity index (χ1n) is 12.9. The van der Waals surface area contributed by atoms with Crippen LogP contribution in [0.4, 0.5) is 0 Å². The Morgan fingerprint density at radius 3 is 1.74 bits per heavy atom. The highest BCUT2D eigenvalue weighted by molar-refractivity contribution is 6.08. The highest BCUT2D eigenvalue weighted by atomic mass is 16.5. The zero-order valence-electron chi connectivity index (χ0n) is 21.5. The summed E-state index contributed by atoms with van der Waals surface area (Å²) >= 11 is 0. The number of imide groups is 1. The molecule has 188 valence electrons. The molecule has 6 heteroatoms. The van der Waals surface area contributed by atoms with Crippen LogP contribution in [-0.4, -0.2) is 34.7 Å². The molecule has 1 aliphatic heterocycles. The molecule has 1 fully saturated rings. The smallest absolute Gasteiger partial charge is 0.254 e. The number of amides is 2. The number of aryl methyl sites for hydroxylation is 1. The van der Waals surface area contributed by atoms with Crippen molar-refractivity contribution in [1.82, 2.24) is 9.58 Å². The van der Waals surface area contributed by atoms with Gasteiger partial charge in [0.05, 0.1) is 25.2 Å². The summed E-state index contributed by atoms with van der Waals surface area (Å²) in [5.74, 6) is -0.743. The summed E-state index contributed by atoms with van der Waals surface area (Å²) in [6.07, 6.45) is 1.65. The van der Waals surface area contributed by atoms with Crippen molar-refractivity contribution < 1.29 is 14.3 Å². The van der Waals surface area contributed by atoms with E-state index in [1.165, 1.54) is 0 Å². The van der Waals surface area contributed by atoms with Gasteiger partial charge < -0.3 is 9.30 Å². The summed E-state index contributed by atoms with van der Waals surface area (Å²) in [6.45, 7) is 4.04. The summed E-state index contributed by atoms with van der Waals surface area (Å²) in [6, 6.07) is 26.4. The maximum absolute atomic E-state index is 13.8. The molecule has 0 N–H and O–H groups in total. The topological polar surface area (TPSA) is 63.9 Å². The van der Waals surface area contributed by atoms with E-state index in [0.717, 1.165) is 55.7 Å². The van der Waals surface area contributed by atoms with Gasteiger partial charge in [0.15, 0.2) is 0 Å². The van der Waals surface area contributed by atoms with E-state index >= 15 is 0 Å². The monoisotopic (exact) mass is 501 g/mol.